The first-order valence-corrected chi connectivity index (χ1v) is 7.02. The molecule has 1 aromatic rings. The standard InChI is InChI=1S/C15H22F2N2O/c1-3-5-6-10(4-2)9-19-15(20)13-11(16)7-8-12(18)14(13)17/h7-8,10H,3-6,9,18H2,1-2H3,(H,19,20). The maximum absolute atomic E-state index is 13.7. The van der Waals surface area contributed by atoms with E-state index in [-0.39, 0.29) is 5.69 Å². The molecule has 0 aliphatic carbocycles. The van der Waals surface area contributed by atoms with Crippen molar-refractivity contribution in [2.24, 2.45) is 5.92 Å². The number of hydrogen-bond donors (Lipinski definition) is 2. The number of nitrogens with one attached hydrogen (secondary N) is 1. The molecule has 0 bridgehead atoms. The number of halogens is 2. The first-order valence-electron chi connectivity index (χ1n) is 7.02. The minimum atomic E-state index is -0.996. The molecule has 0 saturated carbocycles. The average molecular weight is 284 g/mol. The van der Waals surface area contributed by atoms with Gasteiger partial charge in [-0.05, 0) is 24.5 Å². The fourth-order valence-electron chi connectivity index (χ4n) is 2.05. The number of unbranched alkanes of at least 4 members (excludes halogenated alkanes) is 1. The summed E-state index contributed by atoms with van der Waals surface area (Å²) in [5.41, 5.74) is 4.52. The Balaban J connectivity index is 2.70. The van der Waals surface area contributed by atoms with Crippen molar-refractivity contribution < 1.29 is 13.6 Å². The molecule has 1 atom stereocenters. The fraction of sp³-hybridized carbons (Fsp3) is 0.533. The van der Waals surface area contributed by atoms with Crippen molar-refractivity contribution in [1.82, 2.24) is 5.32 Å². The second-order valence-electron chi connectivity index (χ2n) is 4.95. The van der Waals surface area contributed by atoms with Gasteiger partial charge in [-0.2, -0.15) is 0 Å². The van der Waals surface area contributed by atoms with Crippen LogP contribution in [0.15, 0.2) is 12.1 Å². The van der Waals surface area contributed by atoms with Gasteiger partial charge < -0.3 is 11.1 Å². The van der Waals surface area contributed by atoms with Gasteiger partial charge in [-0.15, -0.1) is 0 Å². The van der Waals surface area contributed by atoms with E-state index in [1.54, 1.807) is 0 Å². The van der Waals surface area contributed by atoms with Gasteiger partial charge in [-0.3, -0.25) is 4.79 Å². The van der Waals surface area contributed by atoms with E-state index in [2.05, 4.69) is 12.2 Å². The van der Waals surface area contributed by atoms with Crippen LogP contribution in [0.2, 0.25) is 0 Å². The van der Waals surface area contributed by atoms with Crippen LogP contribution in [0.25, 0.3) is 0 Å². The van der Waals surface area contributed by atoms with Gasteiger partial charge in [0.25, 0.3) is 5.91 Å². The molecule has 112 valence electrons. The molecule has 0 heterocycles. The SMILES string of the molecule is CCCCC(CC)CNC(=O)c1c(F)ccc(N)c1F. The second kappa shape index (κ2) is 7.82. The molecule has 5 heteroatoms. The molecule has 0 spiro atoms. The highest BCUT2D eigenvalue weighted by atomic mass is 19.1. The van der Waals surface area contributed by atoms with Crippen LogP contribution in [-0.2, 0) is 0 Å². The van der Waals surface area contributed by atoms with E-state index >= 15 is 0 Å². The Bertz CT molecular complexity index is 463. The van der Waals surface area contributed by atoms with Crippen LogP contribution >= 0.6 is 0 Å². The van der Waals surface area contributed by atoms with Crippen LogP contribution in [0, 0.1) is 17.6 Å². The zero-order chi connectivity index (χ0) is 15.1. The van der Waals surface area contributed by atoms with Crippen LogP contribution in [0.5, 0.6) is 0 Å². The number of carbonyl (C=O) groups is 1. The zero-order valence-corrected chi connectivity index (χ0v) is 12.0. The van der Waals surface area contributed by atoms with Crippen LogP contribution in [0.3, 0.4) is 0 Å². The van der Waals surface area contributed by atoms with Crippen molar-refractivity contribution in [3.8, 4) is 0 Å². The molecule has 0 radical (unpaired) electrons. The lowest BCUT2D eigenvalue weighted by molar-refractivity contribution is 0.0937. The quantitative estimate of drug-likeness (QED) is 0.753. The highest BCUT2D eigenvalue weighted by Crippen LogP contribution is 2.19. The van der Waals surface area contributed by atoms with Gasteiger partial charge in [-0.25, -0.2) is 8.78 Å². The number of rotatable bonds is 7. The summed E-state index contributed by atoms with van der Waals surface area (Å²) >= 11 is 0. The first-order chi connectivity index (χ1) is 9.51. The first kappa shape index (κ1) is 16.4. The Hall–Kier alpha value is -1.65. The molecule has 0 saturated heterocycles. The molecular weight excluding hydrogens is 262 g/mol. The summed E-state index contributed by atoms with van der Waals surface area (Å²) in [5, 5.41) is 2.59. The third-order valence-corrected chi connectivity index (χ3v) is 3.44. The second-order valence-corrected chi connectivity index (χ2v) is 4.95. The molecule has 3 nitrogen and oxygen atoms in total. The van der Waals surface area contributed by atoms with E-state index in [1.165, 1.54) is 0 Å². The smallest absolute Gasteiger partial charge is 0.257 e. The van der Waals surface area contributed by atoms with Crippen LogP contribution in [0.1, 0.15) is 49.9 Å². The number of carbonyl (C=O) groups excluding carboxylic acids is 1. The van der Waals surface area contributed by atoms with Crippen molar-refractivity contribution in [1.29, 1.82) is 0 Å². The molecule has 1 aromatic carbocycles. The van der Waals surface area contributed by atoms with E-state index in [1.807, 2.05) is 6.92 Å². The Morgan fingerprint density at radius 3 is 2.65 bits per heavy atom. The Morgan fingerprint density at radius 2 is 2.05 bits per heavy atom. The van der Waals surface area contributed by atoms with Gasteiger partial charge in [-0.1, -0.05) is 33.1 Å². The molecule has 1 amide bonds. The summed E-state index contributed by atoms with van der Waals surface area (Å²) in [6.07, 6.45) is 4.08. The van der Waals surface area contributed by atoms with Gasteiger partial charge in [0.15, 0.2) is 5.82 Å². The summed E-state index contributed by atoms with van der Waals surface area (Å²) in [6.45, 7) is 4.56. The lowest BCUT2D eigenvalue weighted by Crippen LogP contribution is -2.30. The van der Waals surface area contributed by atoms with Crippen molar-refractivity contribution in [3.63, 3.8) is 0 Å². The molecule has 0 aromatic heterocycles. The topological polar surface area (TPSA) is 55.1 Å². The third-order valence-electron chi connectivity index (χ3n) is 3.44. The summed E-state index contributed by atoms with van der Waals surface area (Å²) < 4.78 is 27.2. The number of hydrogen-bond acceptors (Lipinski definition) is 2. The molecule has 0 fully saturated rings. The fourth-order valence-corrected chi connectivity index (χ4v) is 2.05. The van der Waals surface area contributed by atoms with E-state index < -0.39 is 23.1 Å². The minimum absolute atomic E-state index is 0.227. The molecular formula is C15H22F2N2O. The highest BCUT2D eigenvalue weighted by Gasteiger charge is 2.20. The number of benzene rings is 1. The predicted octanol–water partition coefficient (Wildman–Crippen LogP) is 3.49. The monoisotopic (exact) mass is 284 g/mol. The molecule has 0 aliphatic heterocycles. The van der Waals surface area contributed by atoms with Crippen LogP contribution in [-0.4, -0.2) is 12.5 Å². The third kappa shape index (κ3) is 4.18. The van der Waals surface area contributed by atoms with Gasteiger partial charge in [0.2, 0.25) is 0 Å². The van der Waals surface area contributed by atoms with Gasteiger partial charge >= 0.3 is 0 Å². The average Bonchev–Trinajstić information content (AvgIpc) is 2.43. The zero-order valence-electron chi connectivity index (χ0n) is 12.0. The Morgan fingerprint density at radius 1 is 1.35 bits per heavy atom. The summed E-state index contributed by atoms with van der Waals surface area (Å²) in [6, 6.07) is 2.11. The normalized spacial score (nSPS) is 12.2. The van der Waals surface area contributed by atoms with E-state index in [9.17, 15) is 13.6 Å². The maximum Gasteiger partial charge on any atom is 0.257 e. The van der Waals surface area contributed by atoms with Crippen molar-refractivity contribution in [3.05, 3.63) is 29.3 Å². The van der Waals surface area contributed by atoms with Crippen molar-refractivity contribution in [2.45, 2.75) is 39.5 Å². The largest absolute Gasteiger partial charge is 0.396 e. The van der Waals surface area contributed by atoms with E-state index in [4.69, 9.17) is 5.73 Å². The lowest BCUT2D eigenvalue weighted by Gasteiger charge is -2.15. The summed E-state index contributed by atoms with van der Waals surface area (Å²) in [5.74, 6) is -2.31. The molecule has 1 unspecified atom stereocenters. The lowest BCUT2D eigenvalue weighted by atomic mass is 9.99. The summed E-state index contributed by atoms with van der Waals surface area (Å²) in [4.78, 5) is 11.9. The number of amides is 1. The Labute approximate surface area is 118 Å². The van der Waals surface area contributed by atoms with E-state index in [0.717, 1.165) is 37.8 Å². The molecule has 1 rings (SSSR count). The predicted molar refractivity (Wildman–Crippen MR) is 76.4 cm³/mol. The highest BCUT2D eigenvalue weighted by molar-refractivity contribution is 5.95. The van der Waals surface area contributed by atoms with Crippen LogP contribution < -0.4 is 11.1 Å². The minimum Gasteiger partial charge on any atom is -0.396 e. The number of nitrogen functional groups attached to an aromatic ring is 1. The Kier molecular flexibility index (Phi) is 6.42. The molecule has 20 heavy (non-hydrogen) atoms. The van der Waals surface area contributed by atoms with E-state index in [0.29, 0.717) is 12.5 Å². The van der Waals surface area contributed by atoms with Crippen LogP contribution in [0.4, 0.5) is 14.5 Å². The van der Waals surface area contributed by atoms with Crippen molar-refractivity contribution in [2.75, 3.05) is 12.3 Å². The summed E-state index contributed by atoms with van der Waals surface area (Å²) in [7, 11) is 0. The van der Waals surface area contributed by atoms with Gasteiger partial charge in [0.1, 0.15) is 11.4 Å². The van der Waals surface area contributed by atoms with Crippen molar-refractivity contribution >= 4 is 11.6 Å². The van der Waals surface area contributed by atoms with Gasteiger partial charge in [0, 0.05) is 6.54 Å². The molecule has 0 aliphatic rings. The molecule has 3 N–H and O–H groups in total. The number of anilines is 1. The number of nitrogens with two attached hydrogens (primary N) is 1. The maximum atomic E-state index is 13.7. The van der Waals surface area contributed by atoms with Gasteiger partial charge in [0.05, 0.1) is 5.69 Å².